The summed E-state index contributed by atoms with van der Waals surface area (Å²) < 4.78 is 61.0. The van der Waals surface area contributed by atoms with Crippen LogP contribution in [0.25, 0.3) is 11.1 Å². The molecule has 0 aliphatic heterocycles. The van der Waals surface area contributed by atoms with E-state index in [1.807, 2.05) is 0 Å². The number of ether oxygens (including phenoxy) is 1. The van der Waals surface area contributed by atoms with Crippen molar-refractivity contribution in [2.75, 3.05) is 6.61 Å². The number of aryl methyl sites for hydroxylation is 3. The molecule has 0 saturated heterocycles. The van der Waals surface area contributed by atoms with E-state index in [9.17, 15) is 17.6 Å². The molecule has 3 aromatic rings. The molecule has 0 aliphatic carbocycles. The number of hydrogen-bond acceptors (Lipinski definition) is 1. The third-order valence-electron chi connectivity index (χ3n) is 4.65. The van der Waals surface area contributed by atoms with Gasteiger partial charge in [-0.3, -0.25) is 0 Å². The van der Waals surface area contributed by atoms with E-state index >= 15 is 0 Å². The van der Waals surface area contributed by atoms with Gasteiger partial charge in [0.05, 0.1) is 6.61 Å². The maximum absolute atomic E-state index is 14.3. The minimum absolute atomic E-state index is 0.118. The molecule has 146 valence electrons. The number of halogens is 4. The Morgan fingerprint density at radius 2 is 1.43 bits per heavy atom. The van der Waals surface area contributed by atoms with Crippen molar-refractivity contribution < 1.29 is 22.3 Å². The Balaban J connectivity index is 1.76. The van der Waals surface area contributed by atoms with Gasteiger partial charge < -0.3 is 4.74 Å². The van der Waals surface area contributed by atoms with Gasteiger partial charge in [-0.15, -0.1) is 0 Å². The molecule has 0 aromatic heterocycles. The highest BCUT2D eigenvalue weighted by atomic mass is 19.2. The number of rotatable bonds is 6. The molecule has 0 bridgehead atoms. The Labute approximate surface area is 161 Å². The second-order valence-corrected chi connectivity index (χ2v) is 6.54. The molecule has 0 atom stereocenters. The first-order valence-corrected chi connectivity index (χ1v) is 9.06. The van der Waals surface area contributed by atoms with Gasteiger partial charge in [-0.1, -0.05) is 36.4 Å². The maximum Gasteiger partial charge on any atom is 0.201 e. The summed E-state index contributed by atoms with van der Waals surface area (Å²) in [5.41, 5.74) is 2.13. The van der Waals surface area contributed by atoms with Crippen molar-refractivity contribution in [2.24, 2.45) is 0 Å². The Bertz CT molecular complexity index is 981. The van der Waals surface area contributed by atoms with Gasteiger partial charge >= 0.3 is 0 Å². The fourth-order valence-corrected chi connectivity index (χ4v) is 3.03. The van der Waals surface area contributed by atoms with Crippen molar-refractivity contribution in [1.82, 2.24) is 0 Å². The Morgan fingerprint density at radius 3 is 2.11 bits per heavy atom. The minimum Gasteiger partial charge on any atom is -0.491 e. The van der Waals surface area contributed by atoms with E-state index in [1.54, 1.807) is 43.3 Å². The highest BCUT2D eigenvalue weighted by molar-refractivity contribution is 5.65. The third-order valence-corrected chi connectivity index (χ3v) is 4.65. The molecule has 0 unspecified atom stereocenters. The molecule has 3 rings (SSSR count). The van der Waals surface area contributed by atoms with Crippen LogP contribution < -0.4 is 4.74 Å². The summed E-state index contributed by atoms with van der Waals surface area (Å²) in [6.07, 6.45) is 0.842. The topological polar surface area (TPSA) is 9.23 Å². The van der Waals surface area contributed by atoms with Gasteiger partial charge in [0.2, 0.25) is 5.82 Å². The van der Waals surface area contributed by atoms with Crippen LogP contribution in [0.5, 0.6) is 5.75 Å². The van der Waals surface area contributed by atoms with Gasteiger partial charge in [-0.25, -0.2) is 13.2 Å². The highest BCUT2D eigenvalue weighted by Gasteiger charge is 2.16. The number of hydrogen-bond donors (Lipinski definition) is 0. The van der Waals surface area contributed by atoms with Crippen molar-refractivity contribution in [3.63, 3.8) is 0 Å². The summed E-state index contributed by atoms with van der Waals surface area (Å²) in [4.78, 5) is 0. The Hall–Kier alpha value is -2.82. The van der Waals surface area contributed by atoms with Crippen molar-refractivity contribution in [3.8, 4) is 16.9 Å². The summed E-state index contributed by atoms with van der Waals surface area (Å²) in [7, 11) is 0. The van der Waals surface area contributed by atoms with E-state index in [0.29, 0.717) is 24.0 Å². The second-order valence-electron chi connectivity index (χ2n) is 6.54. The lowest BCUT2D eigenvalue weighted by atomic mass is 9.99. The average molecular weight is 388 g/mol. The molecular weight excluding hydrogens is 368 g/mol. The van der Waals surface area contributed by atoms with Crippen LogP contribution >= 0.6 is 0 Å². The lowest BCUT2D eigenvalue weighted by Gasteiger charge is -2.10. The van der Waals surface area contributed by atoms with Gasteiger partial charge in [-0.2, -0.15) is 4.39 Å². The average Bonchev–Trinajstić information content (AvgIpc) is 2.70. The fourth-order valence-electron chi connectivity index (χ4n) is 3.03. The SMILES string of the molecule is CCOc1ccc(-c2ccc(CCc3ccc(C)c(F)c3F)cc2)c(F)c1F. The van der Waals surface area contributed by atoms with Crippen LogP contribution in [0.4, 0.5) is 17.6 Å². The molecule has 0 heterocycles. The highest BCUT2D eigenvalue weighted by Crippen LogP contribution is 2.30. The van der Waals surface area contributed by atoms with Crippen LogP contribution in [0.15, 0.2) is 48.5 Å². The monoisotopic (exact) mass is 388 g/mol. The van der Waals surface area contributed by atoms with E-state index in [2.05, 4.69) is 0 Å². The number of benzene rings is 3. The van der Waals surface area contributed by atoms with Gasteiger partial charge in [0.15, 0.2) is 23.2 Å². The van der Waals surface area contributed by atoms with Crippen LogP contribution in [0.3, 0.4) is 0 Å². The summed E-state index contributed by atoms with van der Waals surface area (Å²) in [6.45, 7) is 3.46. The summed E-state index contributed by atoms with van der Waals surface area (Å²) >= 11 is 0. The predicted molar refractivity (Wildman–Crippen MR) is 101 cm³/mol. The standard InChI is InChI=1S/C23H20F4O/c1-3-28-19-13-12-18(22(26)23(19)27)16-9-5-15(6-10-16)7-11-17-8-4-14(2)20(24)21(17)25/h4-6,8-10,12-13H,3,7,11H2,1-2H3. The zero-order chi connectivity index (χ0) is 20.3. The van der Waals surface area contributed by atoms with E-state index in [0.717, 1.165) is 5.56 Å². The molecule has 0 radical (unpaired) electrons. The molecule has 3 aromatic carbocycles. The smallest absolute Gasteiger partial charge is 0.201 e. The Morgan fingerprint density at radius 1 is 0.714 bits per heavy atom. The normalized spacial score (nSPS) is 10.9. The predicted octanol–water partition coefficient (Wildman–Crippen LogP) is 6.40. The summed E-state index contributed by atoms with van der Waals surface area (Å²) in [5.74, 6) is -3.73. The first-order valence-electron chi connectivity index (χ1n) is 9.06. The molecule has 28 heavy (non-hydrogen) atoms. The van der Waals surface area contributed by atoms with Crippen LogP contribution in [0, 0.1) is 30.2 Å². The summed E-state index contributed by atoms with van der Waals surface area (Å²) in [6, 6.07) is 12.9. The van der Waals surface area contributed by atoms with Crippen molar-refractivity contribution in [2.45, 2.75) is 26.7 Å². The van der Waals surface area contributed by atoms with E-state index in [1.165, 1.54) is 19.1 Å². The third kappa shape index (κ3) is 4.03. The van der Waals surface area contributed by atoms with Gasteiger partial charge in [-0.05, 0) is 61.1 Å². The first-order chi connectivity index (χ1) is 13.4. The summed E-state index contributed by atoms with van der Waals surface area (Å²) in [5, 5.41) is 0. The molecule has 0 saturated carbocycles. The van der Waals surface area contributed by atoms with Crippen LogP contribution in [0.2, 0.25) is 0 Å². The fraction of sp³-hybridized carbons (Fsp3) is 0.217. The van der Waals surface area contributed by atoms with E-state index < -0.39 is 23.3 Å². The molecule has 0 amide bonds. The lowest BCUT2D eigenvalue weighted by Crippen LogP contribution is -2.00. The Kier molecular flexibility index (Phi) is 6.02. The molecule has 1 nitrogen and oxygen atoms in total. The largest absolute Gasteiger partial charge is 0.491 e. The molecule has 0 spiro atoms. The lowest BCUT2D eigenvalue weighted by molar-refractivity contribution is 0.314. The second kappa shape index (κ2) is 8.46. The minimum atomic E-state index is -1.01. The van der Waals surface area contributed by atoms with Crippen molar-refractivity contribution >= 4 is 0 Å². The van der Waals surface area contributed by atoms with Gasteiger partial charge in [0.25, 0.3) is 0 Å². The first kappa shape index (κ1) is 19.9. The van der Waals surface area contributed by atoms with Gasteiger partial charge in [0, 0.05) is 5.56 Å². The van der Waals surface area contributed by atoms with Gasteiger partial charge in [0.1, 0.15) is 0 Å². The molecule has 0 fully saturated rings. The molecule has 0 N–H and O–H groups in total. The maximum atomic E-state index is 14.3. The van der Waals surface area contributed by atoms with Crippen molar-refractivity contribution in [3.05, 3.63) is 88.5 Å². The van der Waals surface area contributed by atoms with E-state index in [4.69, 9.17) is 4.74 Å². The van der Waals surface area contributed by atoms with Crippen LogP contribution in [-0.2, 0) is 12.8 Å². The van der Waals surface area contributed by atoms with Crippen LogP contribution in [0.1, 0.15) is 23.6 Å². The van der Waals surface area contributed by atoms with Crippen molar-refractivity contribution in [1.29, 1.82) is 0 Å². The van der Waals surface area contributed by atoms with E-state index in [-0.39, 0.29) is 23.5 Å². The zero-order valence-electron chi connectivity index (χ0n) is 15.7. The zero-order valence-corrected chi connectivity index (χ0v) is 15.7. The quantitative estimate of drug-likeness (QED) is 0.444. The van der Waals surface area contributed by atoms with Crippen LogP contribution in [-0.4, -0.2) is 6.61 Å². The molecule has 0 aliphatic rings. The molecular formula is C23H20F4O. The molecule has 5 heteroatoms.